The molecule has 0 bridgehead atoms. The Hall–Kier alpha value is -3.11. The van der Waals surface area contributed by atoms with E-state index in [0.717, 1.165) is 21.4 Å². The lowest BCUT2D eigenvalue weighted by Crippen LogP contribution is -2.30. The highest BCUT2D eigenvalue weighted by molar-refractivity contribution is 7.15. The summed E-state index contributed by atoms with van der Waals surface area (Å²) in [6.45, 7) is 0.471. The minimum absolute atomic E-state index is 0.290. The third-order valence-electron chi connectivity index (χ3n) is 4.20. The van der Waals surface area contributed by atoms with Crippen LogP contribution in [0.25, 0.3) is 15.7 Å². The second-order valence-electron chi connectivity index (χ2n) is 6.03. The first-order valence-corrected chi connectivity index (χ1v) is 10.6. The Morgan fingerprint density at radius 1 is 1.17 bits per heavy atom. The van der Waals surface area contributed by atoms with E-state index in [2.05, 4.69) is 20.7 Å². The van der Waals surface area contributed by atoms with Crippen molar-refractivity contribution in [3.8, 4) is 22.2 Å². The molecule has 0 spiro atoms. The lowest BCUT2D eigenvalue weighted by Gasteiger charge is -2.11. The molecular weight excluding hydrogens is 410 g/mol. The number of hydrogen-bond donors (Lipinski definition) is 2. The number of thiazole rings is 1. The van der Waals surface area contributed by atoms with Crippen LogP contribution in [0.4, 0.5) is 10.5 Å². The second-order valence-corrected chi connectivity index (χ2v) is 7.82. The lowest BCUT2D eigenvalue weighted by molar-refractivity contribution is 0.252. The summed E-state index contributed by atoms with van der Waals surface area (Å²) < 4.78 is 12.3. The zero-order chi connectivity index (χ0) is 20.2. The van der Waals surface area contributed by atoms with Gasteiger partial charge in [-0.05, 0) is 23.6 Å². The molecule has 0 radical (unpaired) electrons. The van der Waals surface area contributed by atoms with Crippen LogP contribution in [0, 0.1) is 0 Å². The Labute approximate surface area is 175 Å². The van der Waals surface area contributed by atoms with Crippen LogP contribution in [0.1, 0.15) is 5.69 Å². The fourth-order valence-electron chi connectivity index (χ4n) is 2.80. The fourth-order valence-corrected chi connectivity index (χ4v) is 4.31. The van der Waals surface area contributed by atoms with Gasteiger partial charge in [0.1, 0.15) is 0 Å². The minimum atomic E-state index is -0.290. The third-order valence-corrected chi connectivity index (χ3v) is 5.93. The van der Waals surface area contributed by atoms with Crippen LogP contribution in [0.5, 0.6) is 11.5 Å². The number of methoxy groups -OCH3 is 2. The summed E-state index contributed by atoms with van der Waals surface area (Å²) in [6.07, 6.45) is 0.645. The van der Waals surface area contributed by atoms with Gasteiger partial charge in [0.05, 0.1) is 24.8 Å². The Bertz CT molecular complexity index is 1120. The van der Waals surface area contributed by atoms with Crippen LogP contribution >= 0.6 is 22.7 Å². The molecule has 3 heterocycles. The maximum Gasteiger partial charge on any atom is 0.319 e. The topological polar surface area (TPSA) is 89.8 Å². The van der Waals surface area contributed by atoms with Gasteiger partial charge in [-0.25, -0.2) is 9.31 Å². The molecule has 0 atom stereocenters. The molecule has 0 unspecified atom stereocenters. The van der Waals surface area contributed by atoms with Gasteiger partial charge in [-0.15, -0.1) is 27.8 Å². The molecule has 10 heteroatoms. The van der Waals surface area contributed by atoms with Gasteiger partial charge in [-0.3, -0.25) is 0 Å². The SMILES string of the molecule is COc1ccc(NC(=O)NCCc2csc3nc(-c4cccs4)nn23)cc1OC. The van der Waals surface area contributed by atoms with Crippen LogP contribution < -0.4 is 20.1 Å². The molecule has 150 valence electrons. The summed E-state index contributed by atoms with van der Waals surface area (Å²) in [4.78, 5) is 18.6. The molecule has 0 fully saturated rings. The van der Waals surface area contributed by atoms with Crippen molar-refractivity contribution < 1.29 is 14.3 Å². The quantitative estimate of drug-likeness (QED) is 0.465. The second kappa shape index (κ2) is 8.50. The molecule has 0 aliphatic heterocycles. The number of ether oxygens (including phenoxy) is 2. The smallest absolute Gasteiger partial charge is 0.319 e. The number of rotatable bonds is 7. The number of carbonyl (C=O) groups is 1. The normalized spacial score (nSPS) is 10.8. The van der Waals surface area contributed by atoms with Crippen molar-refractivity contribution in [2.24, 2.45) is 0 Å². The fraction of sp³-hybridized carbons (Fsp3) is 0.211. The van der Waals surface area contributed by atoms with Crippen LogP contribution in [-0.2, 0) is 6.42 Å². The highest BCUT2D eigenvalue weighted by Gasteiger charge is 2.12. The predicted octanol–water partition coefficient (Wildman–Crippen LogP) is 3.90. The molecule has 0 aliphatic rings. The Balaban J connectivity index is 1.35. The lowest BCUT2D eigenvalue weighted by atomic mass is 10.3. The van der Waals surface area contributed by atoms with Crippen molar-refractivity contribution in [3.63, 3.8) is 0 Å². The molecule has 0 aliphatic carbocycles. The van der Waals surface area contributed by atoms with Gasteiger partial charge in [0, 0.05) is 30.1 Å². The van der Waals surface area contributed by atoms with E-state index in [-0.39, 0.29) is 6.03 Å². The Morgan fingerprint density at radius 3 is 2.79 bits per heavy atom. The van der Waals surface area contributed by atoms with E-state index in [1.54, 1.807) is 55.1 Å². The van der Waals surface area contributed by atoms with Gasteiger partial charge in [-0.1, -0.05) is 6.07 Å². The number of urea groups is 1. The number of anilines is 1. The van der Waals surface area contributed by atoms with E-state index in [4.69, 9.17) is 9.47 Å². The van der Waals surface area contributed by atoms with Gasteiger partial charge < -0.3 is 20.1 Å². The molecule has 2 amide bonds. The van der Waals surface area contributed by atoms with Crippen molar-refractivity contribution in [2.45, 2.75) is 6.42 Å². The van der Waals surface area contributed by atoms with Crippen LogP contribution in [-0.4, -0.2) is 41.4 Å². The van der Waals surface area contributed by atoms with Crippen molar-refractivity contribution in [1.29, 1.82) is 0 Å². The highest BCUT2D eigenvalue weighted by Crippen LogP contribution is 2.29. The number of benzene rings is 1. The molecule has 2 N–H and O–H groups in total. The molecular formula is C19H19N5O3S2. The van der Waals surface area contributed by atoms with E-state index in [0.29, 0.717) is 30.2 Å². The maximum atomic E-state index is 12.2. The molecule has 0 saturated heterocycles. The summed E-state index contributed by atoms with van der Waals surface area (Å²) in [5.74, 6) is 1.89. The van der Waals surface area contributed by atoms with Gasteiger partial charge >= 0.3 is 6.03 Å². The number of amides is 2. The summed E-state index contributed by atoms with van der Waals surface area (Å²) >= 11 is 3.15. The van der Waals surface area contributed by atoms with E-state index in [1.165, 1.54) is 0 Å². The first kappa shape index (κ1) is 19.2. The first-order chi connectivity index (χ1) is 14.2. The standard InChI is InChI=1S/C19H19N5O3S2/c1-26-14-6-5-12(10-15(14)27-2)21-18(25)20-8-7-13-11-29-19-22-17(23-24(13)19)16-4-3-9-28-16/h3-6,9-11H,7-8H2,1-2H3,(H2,20,21,25). The first-order valence-electron chi connectivity index (χ1n) is 8.82. The van der Waals surface area contributed by atoms with E-state index < -0.39 is 0 Å². The molecule has 4 aromatic rings. The monoisotopic (exact) mass is 429 g/mol. The number of thiophene rings is 1. The van der Waals surface area contributed by atoms with E-state index >= 15 is 0 Å². The van der Waals surface area contributed by atoms with E-state index in [1.807, 2.05) is 27.4 Å². The van der Waals surface area contributed by atoms with Crippen LogP contribution in [0.2, 0.25) is 0 Å². The van der Waals surface area contributed by atoms with Crippen molar-refractivity contribution in [2.75, 3.05) is 26.1 Å². The molecule has 4 rings (SSSR count). The maximum absolute atomic E-state index is 12.2. The molecule has 29 heavy (non-hydrogen) atoms. The molecule has 1 aromatic carbocycles. The Morgan fingerprint density at radius 2 is 2.03 bits per heavy atom. The summed E-state index contributed by atoms with van der Waals surface area (Å²) in [5, 5.41) is 14.3. The van der Waals surface area contributed by atoms with E-state index in [9.17, 15) is 4.79 Å². The largest absolute Gasteiger partial charge is 0.493 e. The van der Waals surface area contributed by atoms with Crippen molar-refractivity contribution in [3.05, 3.63) is 46.8 Å². The summed E-state index contributed by atoms with van der Waals surface area (Å²) in [7, 11) is 3.12. The average molecular weight is 430 g/mol. The number of nitrogens with zero attached hydrogens (tertiary/aromatic N) is 3. The Kier molecular flexibility index (Phi) is 5.63. The van der Waals surface area contributed by atoms with Gasteiger partial charge in [0.15, 0.2) is 17.3 Å². The van der Waals surface area contributed by atoms with Gasteiger partial charge in [0.2, 0.25) is 4.96 Å². The zero-order valence-electron chi connectivity index (χ0n) is 15.8. The molecule has 3 aromatic heterocycles. The summed E-state index contributed by atoms with van der Waals surface area (Å²) in [6, 6.07) is 8.90. The number of fused-ring (bicyclic) bond motifs is 1. The summed E-state index contributed by atoms with van der Waals surface area (Å²) in [5.41, 5.74) is 1.63. The van der Waals surface area contributed by atoms with Crippen molar-refractivity contribution in [1.82, 2.24) is 19.9 Å². The third kappa shape index (κ3) is 4.17. The average Bonchev–Trinajstić information content (AvgIpc) is 3.45. The number of carbonyl (C=O) groups excluding carboxylic acids is 1. The minimum Gasteiger partial charge on any atom is -0.493 e. The number of aromatic nitrogens is 3. The zero-order valence-corrected chi connectivity index (χ0v) is 17.5. The van der Waals surface area contributed by atoms with Gasteiger partial charge in [0.25, 0.3) is 0 Å². The van der Waals surface area contributed by atoms with Gasteiger partial charge in [-0.2, -0.15) is 4.98 Å². The number of hydrogen-bond acceptors (Lipinski definition) is 7. The molecule has 8 nitrogen and oxygen atoms in total. The van der Waals surface area contributed by atoms with Crippen LogP contribution in [0.15, 0.2) is 41.1 Å². The predicted molar refractivity (Wildman–Crippen MR) is 114 cm³/mol. The van der Waals surface area contributed by atoms with Crippen molar-refractivity contribution >= 4 is 39.4 Å². The molecule has 0 saturated carbocycles. The highest BCUT2D eigenvalue weighted by atomic mass is 32.1. The number of nitrogens with one attached hydrogen (secondary N) is 2. The van der Waals surface area contributed by atoms with Crippen LogP contribution in [0.3, 0.4) is 0 Å².